The van der Waals surface area contributed by atoms with E-state index in [4.69, 9.17) is 18.9 Å². The summed E-state index contributed by atoms with van der Waals surface area (Å²) in [5.74, 6) is 1.35. The van der Waals surface area contributed by atoms with Gasteiger partial charge in [0.05, 0.1) is 34.0 Å². The summed E-state index contributed by atoms with van der Waals surface area (Å²) in [6.07, 6.45) is 1.51. The Kier molecular flexibility index (Phi) is 9.25. The van der Waals surface area contributed by atoms with Crippen LogP contribution in [0.3, 0.4) is 0 Å². The van der Waals surface area contributed by atoms with E-state index in [0.717, 1.165) is 29.7 Å². The molecule has 4 rings (SSSR count). The Morgan fingerprint density at radius 2 is 1.29 bits per heavy atom. The predicted molar refractivity (Wildman–Crippen MR) is 144 cm³/mol. The maximum absolute atomic E-state index is 12.5. The van der Waals surface area contributed by atoms with Crippen LogP contribution in [-0.2, 0) is 17.6 Å². The van der Waals surface area contributed by atoms with Gasteiger partial charge in [0.15, 0.2) is 11.5 Å². The van der Waals surface area contributed by atoms with Crippen LogP contribution in [0.4, 0.5) is 0 Å². The highest BCUT2D eigenvalue weighted by atomic mass is 16.5. The summed E-state index contributed by atoms with van der Waals surface area (Å²) in [6.45, 7) is 9.39. The number of amides is 2. The van der Waals surface area contributed by atoms with Crippen LogP contribution >= 0.6 is 0 Å². The van der Waals surface area contributed by atoms with E-state index in [0.29, 0.717) is 41.3 Å². The fourth-order valence-electron chi connectivity index (χ4n) is 4.81. The quantitative estimate of drug-likeness (QED) is 0.525. The van der Waals surface area contributed by atoms with E-state index in [1.807, 2.05) is 38.7 Å². The Morgan fingerprint density at radius 1 is 0.737 bits per heavy atom. The molecule has 0 radical (unpaired) electrons. The third kappa shape index (κ3) is 5.71. The first-order chi connectivity index (χ1) is 18.1. The minimum atomic E-state index is -0.439. The molecule has 0 saturated carbocycles. The standard InChI is InChI=1S/C15H19NO4.C14H19NO3/c1-9(2)16-6-5-11-12(14(16)17)7-10(19-3)8-13(11)15(18)20-4;1-9(2)15-6-5-10-7-12(17-3)13(18-4)8-11(10)14(15)16/h7-9H,5-6H2,1-4H3;7-9H,5-6H2,1-4H3. The van der Waals surface area contributed by atoms with Crippen LogP contribution in [0.25, 0.3) is 0 Å². The zero-order valence-corrected chi connectivity index (χ0v) is 23.5. The molecular weight excluding hydrogens is 488 g/mol. The Labute approximate surface area is 224 Å². The second-order valence-corrected chi connectivity index (χ2v) is 9.74. The number of hydrogen-bond acceptors (Lipinski definition) is 7. The molecule has 38 heavy (non-hydrogen) atoms. The molecule has 0 saturated heterocycles. The van der Waals surface area contributed by atoms with Crippen LogP contribution in [0.2, 0.25) is 0 Å². The van der Waals surface area contributed by atoms with Gasteiger partial charge < -0.3 is 28.7 Å². The van der Waals surface area contributed by atoms with Crippen molar-refractivity contribution in [1.82, 2.24) is 9.80 Å². The topological polar surface area (TPSA) is 94.6 Å². The lowest BCUT2D eigenvalue weighted by molar-refractivity contribution is 0.0596. The van der Waals surface area contributed by atoms with E-state index in [1.165, 1.54) is 14.2 Å². The van der Waals surface area contributed by atoms with Crippen molar-refractivity contribution in [3.8, 4) is 17.2 Å². The van der Waals surface area contributed by atoms with E-state index in [9.17, 15) is 14.4 Å². The molecule has 2 amide bonds. The monoisotopic (exact) mass is 526 g/mol. The van der Waals surface area contributed by atoms with Crippen molar-refractivity contribution < 1.29 is 33.3 Å². The van der Waals surface area contributed by atoms with Gasteiger partial charge in [-0.05, 0) is 75.9 Å². The van der Waals surface area contributed by atoms with E-state index >= 15 is 0 Å². The van der Waals surface area contributed by atoms with Crippen LogP contribution in [-0.4, -0.2) is 81.2 Å². The highest BCUT2D eigenvalue weighted by molar-refractivity contribution is 6.02. The molecule has 206 valence electrons. The molecule has 2 heterocycles. The number of benzene rings is 2. The normalized spacial score (nSPS) is 14.5. The van der Waals surface area contributed by atoms with Gasteiger partial charge in [0.2, 0.25) is 0 Å². The smallest absolute Gasteiger partial charge is 0.338 e. The van der Waals surface area contributed by atoms with Crippen molar-refractivity contribution in [2.75, 3.05) is 41.5 Å². The summed E-state index contributed by atoms with van der Waals surface area (Å²) in [5, 5.41) is 0. The van der Waals surface area contributed by atoms with Crippen LogP contribution in [0, 0.1) is 0 Å². The molecule has 0 aromatic heterocycles. The molecule has 0 N–H and O–H groups in total. The minimum Gasteiger partial charge on any atom is -0.497 e. The molecule has 0 fully saturated rings. The average Bonchev–Trinajstić information content (AvgIpc) is 2.91. The summed E-state index contributed by atoms with van der Waals surface area (Å²) in [7, 11) is 6.03. The van der Waals surface area contributed by atoms with E-state index in [-0.39, 0.29) is 23.9 Å². The number of nitrogens with zero attached hydrogens (tertiary/aromatic N) is 2. The number of fused-ring (bicyclic) bond motifs is 2. The summed E-state index contributed by atoms with van der Waals surface area (Å²) in [4.78, 5) is 40.4. The lowest BCUT2D eigenvalue weighted by Gasteiger charge is -2.32. The van der Waals surface area contributed by atoms with E-state index in [1.54, 1.807) is 37.3 Å². The van der Waals surface area contributed by atoms with Crippen LogP contribution < -0.4 is 14.2 Å². The molecule has 0 unspecified atom stereocenters. The Hall–Kier alpha value is -3.75. The van der Waals surface area contributed by atoms with Gasteiger partial charge in [-0.25, -0.2) is 4.79 Å². The van der Waals surface area contributed by atoms with Gasteiger partial charge in [-0.2, -0.15) is 0 Å². The van der Waals surface area contributed by atoms with Crippen LogP contribution in [0.5, 0.6) is 17.2 Å². The molecule has 0 spiro atoms. The van der Waals surface area contributed by atoms with Gasteiger partial charge in [0.1, 0.15) is 5.75 Å². The first kappa shape index (κ1) is 28.8. The SMILES string of the molecule is COC(=O)c1cc(OC)cc2c1CCN(C(C)C)C2=O.COc1cc2c(cc1OC)C(=O)N(C(C)C)CC2. The third-order valence-electron chi connectivity index (χ3n) is 6.93. The minimum absolute atomic E-state index is 0.0645. The molecule has 9 heteroatoms. The lowest BCUT2D eigenvalue weighted by Crippen LogP contribution is -2.42. The molecule has 2 aromatic rings. The van der Waals surface area contributed by atoms with Gasteiger partial charge in [-0.15, -0.1) is 0 Å². The third-order valence-corrected chi connectivity index (χ3v) is 6.93. The number of rotatable bonds is 6. The predicted octanol–water partition coefficient (Wildman–Crippen LogP) is 4.00. The van der Waals surface area contributed by atoms with Crippen molar-refractivity contribution in [2.24, 2.45) is 0 Å². The zero-order chi connectivity index (χ0) is 28.1. The molecule has 0 aliphatic carbocycles. The number of ether oxygens (including phenoxy) is 4. The zero-order valence-electron chi connectivity index (χ0n) is 23.5. The highest BCUT2D eigenvalue weighted by Gasteiger charge is 2.31. The van der Waals surface area contributed by atoms with Crippen molar-refractivity contribution >= 4 is 17.8 Å². The molecule has 2 aromatic carbocycles. The van der Waals surface area contributed by atoms with Gasteiger partial charge in [-0.3, -0.25) is 9.59 Å². The van der Waals surface area contributed by atoms with Gasteiger partial charge in [-0.1, -0.05) is 0 Å². The number of hydrogen-bond donors (Lipinski definition) is 0. The van der Waals surface area contributed by atoms with Gasteiger partial charge in [0, 0.05) is 36.3 Å². The molecule has 0 bridgehead atoms. The summed E-state index contributed by atoms with van der Waals surface area (Å²) in [6, 6.07) is 7.36. The second kappa shape index (κ2) is 12.2. The fraction of sp³-hybridized carbons (Fsp3) is 0.483. The number of esters is 1. The number of carbonyl (C=O) groups excluding carboxylic acids is 3. The highest BCUT2D eigenvalue weighted by Crippen LogP contribution is 2.33. The van der Waals surface area contributed by atoms with Crippen LogP contribution in [0.1, 0.15) is 69.9 Å². The summed E-state index contributed by atoms with van der Waals surface area (Å²) in [5.41, 5.74) is 3.46. The molecule has 0 atom stereocenters. The summed E-state index contributed by atoms with van der Waals surface area (Å²) >= 11 is 0. The van der Waals surface area contributed by atoms with Gasteiger partial charge >= 0.3 is 5.97 Å². The largest absolute Gasteiger partial charge is 0.497 e. The molecule has 9 nitrogen and oxygen atoms in total. The Morgan fingerprint density at radius 3 is 1.82 bits per heavy atom. The van der Waals surface area contributed by atoms with Crippen molar-refractivity contribution in [3.05, 3.63) is 52.1 Å². The second-order valence-electron chi connectivity index (χ2n) is 9.74. The number of methoxy groups -OCH3 is 4. The molecule has 2 aliphatic heterocycles. The first-order valence-corrected chi connectivity index (χ1v) is 12.7. The average molecular weight is 527 g/mol. The fourth-order valence-corrected chi connectivity index (χ4v) is 4.81. The first-order valence-electron chi connectivity index (χ1n) is 12.7. The van der Waals surface area contributed by atoms with E-state index in [2.05, 4.69) is 0 Å². The molecule has 2 aliphatic rings. The van der Waals surface area contributed by atoms with Crippen molar-refractivity contribution in [1.29, 1.82) is 0 Å². The van der Waals surface area contributed by atoms with Gasteiger partial charge in [0.25, 0.3) is 11.8 Å². The Balaban J connectivity index is 0.000000212. The number of carbonyl (C=O) groups is 3. The van der Waals surface area contributed by atoms with E-state index < -0.39 is 5.97 Å². The maximum atomic E-state index is 12.5. The lowest BCUT2D eigenvalue weighted by atomic mass is 9.92. The summed E-state index contributed by atoms with van der Waals surface area (Å²) < 4.78 is 20.5. The van der Waals surface area contributed by atoms with Crippen LogP contribution in [0.15, 0.2) is 24.3 Å². The Bertz CT molecular complexity index is 1210. The van der Waals surface area contributed by atoms with Crippen molar-refractivity contribution in [3.63, 3.8) is 0 Å². The molecular formula is C29H38N2O7. The maximum Gasteiger partial charge on any atom is 0.338 e. The van der Waals surface area contributed by atoms with Crippen molar-refractivity contribution in [2.45, 2.75) is 52.6 Å².